The molecule has 3 aromatic rings. The topological polar surface area (TPSA) is 0 Å². The third-order valence-electron chi connectivity index (χ3n) is 2.32. The van der Waals surface area contributed by atoms with Crippen molar-refractivity contribution in [1.82, 2.24) is 0 Å². The molecule has 0 aliphatic heterocycles. The molecule has 0 aromatic heterocycles. The van der Waals surface area contributed by atoms with Gasteiger partial charge in [0, 0.05) is 26.2 Å². The maximum Gasteiger partial charge on any atom is 0 e. The van der Waals surface area contributed by atoms with Gasteiger partial charge in [-0.05, 0) is 0 Å². The van der Waals surface area contributed by atoms with Crippen molar-refractivity contribution in [3.8, 4) is 0 Å². The van der Waals surface area contributed by atoms with E-state index in [4.69, 9.17) is 0 Å². The van der Waals surface area contributed by atoms with Crippen LogP contribution in [0.3, 0.4) is 0 Å². The van der Waals surface area contributed by atoms with Gasteiger partial charge < -0.3 is 14.0 Å². The van der Waals surface area contributed by atoms with Crippen molar-refractivity contribution < 1.29 is 26.2 Å². The normalized spacial score (nSPS) is 9.87. The Labute approximate surface area is 162 Å². The zero-order chi connectivity index (χ0) is 16.1. The second kappa shape index (κ2) is 13.4. The smallest absolute Gasteiger partial charge is 0 e. The first-order valence-electron chi connectivity index (χ1n) is 7.36. The Kier molecular flexibility index (Phi) is 12.8. The van der Waals surface area contributed by atoms with Gasteiger partial charge in [0.15, 0.2) is 0 Å². The quantitative estimate of drug-likeness (QED) is 0.371. The van der Waals surface area contributed by atoms with Crippen LogP contribution in [-0.2, 0) is 26.2 Å². The van der Waals surface area contributed by atoms with Crippen molar-refractivity contribution in [3.05, 3.63) is 91.0 Å². The fourth-order valence-corrected chi connectivity index (χ4v) is 2.08. The van der Waals surface area contributed by atoms with Crippen LogP contribution in [0.5, 0.6) is 0 Å². The van der Waals surface area contributed by atoms with Crippen molar-refractivity contribution in [2.45, 2.75) is 20.8 Å². The van der Waals surface area contributed by atoms with Gasteiger partial charge in [-0.15, -0.1) is 5.30 Å². The molecule has 0 spiro atoms. The van der Waals surface area contributed by atoms with E-state index in [1.54, 1.807) is 0 Å². The molecule has 3 aromatic carbocycles. The van der Waals surface area contributed by atoms with Crippen LogP contribution in [0.15, 0.2) is 84.9 Å². The summed E-state index contributed by atoms with van der Waals surface area (Å²) in [4.78, 5) is 0. The average molecular weight is 398 g/mol. The molecule has 0 bridgehead atoms. The molecule has 0 saturated heterocycles. The second-order valence-electron chi connectivity index (χ2n) is 5.65. The van der Waals surface area contributed by atoms with Crippen LogP contribution in [0.1, 0.15) is 20.8 Å². The number of hydrogen-bond acceptors (Lipinski definition) is 0. The molecule has 0 amide bonds. The predicted molar refractivity (Wildman–Crippen MR) is 100 cm³/mol. The zero-order valence-electron chi connectivity index (χ0n) is 14.0. The minimum atomic E-state index is 0. The Bertz CT molecular complexity index is 512. The SMILES string of the molecule is CC(C)(C)[C-]=Pc1[c-]cccc1.[Zr].c1cc[cH-]c1.c1cc[cH-]c1. The molecule has 0 saturated carbocycles. The minimum absolute atomic E-state index is 0. The summed E-state index contributed by atoms with van der Waals surface area (Å²) in [6.07, 6.45) is 0. The van der Waals surface area contributed by atoms with Gasteiger partial charge in [-0.2, -0.15) is 72.1 Å². The first kappa shape index (κ1) is 22.0. The van der Waals surface area contributed by atoms with E-state index in [-0.39, 0.29) is 31.6 Å². The standard InChI is InChI=1S/C11H13P.2C5H5.Zr/c1-11(2,3)9-12-10-7-5-4-6-8-10;2*1-2-4-5-3-1;/h4-7H,1-3H3;2*1-5H;/q-2;2*-1;. The number of rotatable bonds is 1. The van der Waals surface area contributed by atoms with Crippen molar-refractivity contribution in [2.75, 3.05) is 0 Å². The van der Waals surface area contributed by atoms with E-state index < -0.39 is 0 Å². The molecule has 2 heteroatoms. The summed E-state index contributed by atoms with van der Waals surface area (Å²) in [5.41, 5.74) is 0.172. The molecular weight excluding hydrogens is 374 g/mol. The van der Waals surface area contributed by atoms with Gasteiger partial charge in [0.1, 0.15) is 0 Å². The molecule has 0 radical (unpaired) electrons. The maximum atomic E-state index is 3.38. The van der Waals surface area contributed by atoms with E-state index in [2.05, 4.69) is 38.7 Å². The Morgan fingerprint density at radius 2 is 1.39 bits per heavy atom. The summed E-state index contributed by atoms with van der Waals surface area (Å²) < 4.78 is 0. The maximum absolute atomic E-state index is 3.38. The molecule has 0 atom stereocenters. The third kappa shape index (κ3) is 14.3. The van der Waals surface area contributed by atoms with Crippen molar-refractivity contribution in [2.24, 2.45) is 5.41 Å². The summed E-state index contributed by atoms with van der Waals surface area (Å²) in [6.45, 7) is 6.47. The molecule has 0 nitrogen and oxygen atoms in total. The average Bonchev–Trinajstić information content (AvgIpc) is 3.23. The van der Waals surface area contributed by atoms with Crippen LogP contribution in [0.25, 0.3) is 0 Å². The summed E-state index contributed by atoms with van der Waals surface area (Å²) in [5, 5.41) is 1.19. The Hall–Kier alpha value is -1.03. The van der Waals surface area contributed by atoms with Gasteiger partial charge in [0.25, 0.3) is 0 Å². The van der Waals surface area contributed by atoms with Crippen molar-refractivity contribution in [3.63, 3.8) is 0 Å². The van der Waals surface area contributed by atoms with E-state index in [1.165, 1.54) is 5.30 Å². The monoisotopic (exact) mass is 396 g/mol. The van der Waals surface area contributed by atoms with Gasteiger partial charge in [-0.3, -0.25) is 0 Å². The predicted octanol–water partition coefficient (Wildman–Crippen LogP) is 5.59. The van der Waals surface area contributed by atoms with Gasteiger partial charge in [0.05, 0.1) is 0 Å². The molecule has 120 valence electrons. The second-order valence-corrected chi connectivity index (χ2v) is 6.57. The Morgan fingerprint density at radius 3 is 1.70 bits per heavy atom. The van der Waals surface area contributed by atoms with Gasteiger partial charge in [0.2, 0.25) is 0 Å². The van der Waals surface area contributed by atoms with Crippen molar-refractivity contribution >= 4 is 19.3 Å². The summed E-state index contributed by atoms with van der Waals surface area (Å²) in [5.74, 6) is 3.38. The third-order valence-corrected chi connectivity index (χ3v) is 3.62. The van der Waals surface area contributed by atoms with Crippen LogP contribution in [0.4, 0.5) is 0 Å². The molecule has 0 N–H and O–H groups in total. The van der Waals surface area contributed by atoms with Gasteiger partial charge in [-0.1, -0.05) is 20.8 Å². The fraction of sp³-hybridized carbons (Fsp3) is 0.190. The van der Waals surface area contributed by atoms with Crippen LogP contribution < -0.4 is 5.30 Å². The van der Waals surface area contributed by atoms with Crippen LogP contribution in [-0.4, -0.2) is 5.80 Å². The summed E-state index contributed by atoms with van der Waals surface area (Å²) in [7, 11) is 1.14. The summed E-state index contributed by atoms with van der Waals surface area (Å²) >= 11 is 0. The Morgan fingerprint density at radius 1 is 0.870 bits per heavy atom. The zero-order valence-corrected chi connectivity index (χ0v) is 17.4. The van der Waals surface area contributed by atoms with Gasteiger partial charge >= 0.3 is 0 Å². The molecule has 0 heterocycles. The van der Waals surface area contributed by atoms with Gasteiger partial charge in [-0.25, -0.2) is 24.3 Å². The molecule has 3 rings (SSSR count). The van der Waals surface area contributed by atoms with E-state index in [0.717, 1.165) is 8.20 Å². The van der Waals surface area contributed by atoms with E-state index in [1.807, 2.05) is 78.9 Å². The first-order chi connectivity index (χ1) is 10.6. The molecule has 0 unspecified atom stereocenters. The molecule has 0 aliphatic carbocycles. The van der Waals surface area contributed by atoms with Crippen LogP contribution in [0.2, 0.25) is 0 Å². The van der Waals surface area contributed by atoms with Crippen molar-refractivity contribution in [1.29, 1.82) is 0 Å². The Balaban J connectivity index is 0.000000362. The molecule has 0 aliphatic rings. The fourth-order valence-electron chi connectivity index (χ4n) is 1.32. The number of benzene rings is 1. The molecular formula is C21H23PZr-4. The van der Waals surface area contributed by atoms with Crippen LogP contribution >= 0.6 is 8.20 Å². The van der Waals surface area contributed by atoms with E-state index in [0.29, 0.717) is 0 Å². The van der Waals surface area contributed by atoms with E-state index >= 15 is 0 Å². The first-order valence-corrected chi connectivity index (χ1v) is 8.25. The molecule has 23 heavy (non-hydrogen) atoms. The number of hydrogen-bond donors (Lipinski definition) is 0. The minimum Gasteiger partial charge on any atom is -0.459 e. The molecule has 0 fully saturated rings. The summed E-state index contributed by atoms with van der Waals surface area (Å²) in [6, 6.07) is 31.2. The van der Waals surface area contributed by atoms with Crippen LogP contribution in [0, 0.1) is 11.5 Å². The van der Waals surface area contributed by atoms with E-state index in [9.17, 15) is 0 Å². The largest absolute Gasteiger partial charge is 0.459 e.